The van der Waals surface area contributed by atoms with Crippen LogP contribution in [0, 0.1) is 10.8 Å². The van der Waals surface area contributed by atoms with Gasteiger partial charge in [0.2, 0.25) is 5.91 Å². The lowest BCUT2D eigenvalue weighted by Crippen LogP contribution is -2.50. The van der Waals surface area contributed by atoms with E-state index in [-0.39, 0.29) is 11.3 Å². The van der Waals surface area contributed by atoms with Crippen LogP contribution >= 0.6 is 0 Å². The Morgan fingerprint density at radius 2 is 1.65 bits per heavy atom. The molecule has 2 fully saturated rings. The number of carbonyl (C=O) groups is 2. The Labute approximate surface area is 121 Å². The van der Waals surface area contributed by atoms with Crippen molar-refractivity contribution in [2.75, 3.05) is 0 Å². The Balaban J connectivity index is 2.36. The van der Waals surface area contributed by atoms with Crippen molar-refractivity contribution in [3.8, 4) is 0 Å². The van der Waals surface area contributed by atoms with E-state index in [1.54, 1.807) is 0 Å². The summed E-state index contributed by atoms with van der Waals surface area (Å²) in [5, 5.41) is 0. The third-order valence-corrected chi connectivity index (χ3v) is 4.33. The number of rotatable bonds is 0. The van der Waals surface area contributed by atoms with Crippen molar-refractivity contribution in [1.29, 1.82) is 0 Å². The largest absolute Gasteiger partial charge is 0.443 e. The smallest absolute Gasteiger partial charge is 0.417 e. The lowest BCUT2D eigenvalue weighted by Gasteiger charge is -2.44. The summed E-state index contributed by atoms with van der Waals surface area (Å²) in [5.41, 5.74) is -1.38. The van der Waals surface area contributed by atoms with Crippen LogP contribution in [0.1, 0.15) is 67.7 Å². The van der Waals surface area contributed by atoms with Gasteiger partial charge in [0, 0.05) is 5.41 Å². The maximum Gasteiger partial charge on any atom is 0.417 e. The normalized spacial score (nSPS) is 36.1. The van der Waals surface area contributed by atoms with Crippen molar-refractivity contribution in [2.45, 2.75) is 78.9 Å². The summed E-state index contributed by atoms with van der Waals surface area (Å²) in [4.78, 5) is 26.6. The summed E-state index contributed by atoms with van der Waals surface area (Å²) >= 11 is 0. The quantitative estimate of drug-likeness (QED) is 0.679. The number of hydrogen-bond acceptors (Lipinski definition) is 3. The van der Waals surface area contributed by atoms with Gasteiger partial charge in [-0.1, -0.05) is 20.8 Å². The summed E-state index contributed by atoms with van der Waals surface area (Å²) in [5.74, 6) is -0.0696. The maximum atomic E-state index is 12.8. The summed E-state index contributed by atoms with van der Waals surface area (Å²) in [6.45, 7) is 13.8. The van der Waals surface area contributed by atoms with Crippen molar-refractivity contribution < 1.29 is 14.3 Å². The Morgan fingerprint density at radius 3 is 2.15 bits per heavy atom. The minimum absolute atomic E-state index is 0.0637. The van der Waals surface area contributed by atoms with Gasteiger partial charge >= 0.3 is 6.09 Å². The molecule has 2 atom stereocenters. The number of fused-ring (bicyclic) bond motifs is 2. The molecule has 2 rings (SSSR count). The standard InChI is InChI=1S/C16H27NO3/c1-13(2,3)20-12(19)17-11(18)15(6)8-14(4,5)9-16(17,7)10-15/h8-10H2,1-7H3. The molecule has 2 amide bonds. The van der Waals surface area contributed by atoms with Gasteiger partial charge in [0.15, 0.2) is 0 Å². The van der Waals surface area contributed by atoms with Gasteiger partial charge in [0.25, 0.3) is 0 Å². The number of imide groups is 1. The molecule has 0 radical (unpaired) electrons. The zero-order valence-electron chi connectivity index (χ0n) is 13.8. The van der Waals surface area contributed by atoms with E-state index in [0.717, 1.165) is 19.3 Å². The lowest BCUT2D eigenvalue weighted by molar-refractivity contribution is -0.135. The van der Waals surface area contributed by atoms with Gasteiger partial charge in [-0.3, -0.25) is 4.79 Å². The molecule has 114 valence electrons. The van der Waals surface area contributed by atoms with Gasteiger partial charge in [0.05, 0.1) is 5.54 Å². The SMILES string of the molecule is CC1(C)CC2(C)CC(C)(C1)N(C(=O)OC(C)(C)C)C2=O. The van der Waals surface area contributed by atoms with Crippen LogP contribution < -0.4 is 0 Å². The predicted molar refractivity (Wildman–Crippen MR) is 77.2 cm³/mol. The molecule has 1 saturated heterocycles. The molecule has 0 N–H and O–H groups in total. The first-order valence-electron chi connectivity index (χ1n) is 7.36. The molecule has 0 aromatic rings. The fourth-order valence-corrected chi connectivity index (χ4v) is 4.55. The van der Waals surface area contributed by atoms with Gasteiger partial charge in [-0.25, -0.2) is 9.69 Å². The zero-order valence-corrected chi connectivity index (χ0v) is 13.8. The fourth-order valence-electron chi connectivity index (χ4n) is 4.55. The molecule has 2 aliphatic rings. The molecular weight excluding hydrogens is 254 g/mol. The molecule has 0 spiro atoms. The summed E-state index contributed by atoms with van der Waals surface area (Å²) < 4.78 is 5.44. The Kier molecular flexibility index (Phi) is 3.06. The first-order chi connectivity index (χ1) is 8.78. The van der Waals surface area contributed by atoms with E-state index in [0.29, 0.717) is 0 Å². The average Bonchev–Trinajstić information content (AvgIpc) is 2.22. The van der Waals surface area contributed by atoms with Crippen molar-refractivity contribution in [3.63, 3.8) is 0 Å². The van der Waals surface area contributed by atoms with Crippen molar-refractivity contribution in [3.05, 3.63) is 0 Å². The number of likely N-dealkylation sites (tertiary alicyclic amines) is 1. The summed E-state index contributed by atoms with van der Waals surface area (Å²) in [6, 6.07) is 0. The number of ether oxygens (including phenoxy) is 1. The Hall–Kier alpha value is -1.06. The van der Waals surface area contributed by atoms with E-state index in [1.807, 2.05) is 34.6 Å². The van der Waals surface area contributed by atoms with Crippen LogP contribution in [0.2, 0.25) is 0 Å². The number of carbonyl (C=O) groups excluding carboxylic acids is 2. The van der Waals surface area contributed by atoms with Gasteiger partial charge < -0.3 is 4.74 Å². The topological polar surface area (TPSA) is 46.6 Å². The predicted octanol–water partition coefficient (Wildman–Crippen LogP) is 3.74. The molecule has 1 aliphatic heterocycles. The molecule has 0 aromatic heterocycles. The summed E-state index contributed by atoms with van der Waals surface area (Å²) in [6.07, 6.45) is 1.90. The zero-order chi connectivity index (χ0) is 15.6. The highest BCUT2D eigenvalue weighted by atomic mass is 16.6. The second kappa shape index (κ2) is 3.99. The number of amides is 2. The average molecular weight is 281 g/mol. The highest BCUT2D eigenvalue weighted by molar-refractivity contribution is 5.98. The van der Waals surface area contributed by atoms with Gasteiger partial charge in [-0.2, -0.15) is 0 Å². The lowest BCUT2D eigenvalue weighted by atomic mass is 9.61. The highest BCUT2D eigenvalue weighted by Crippen LogP contribution is 2.58. The van der Waals surface area contributed by atoms with Crippen LogP contribution in [-0.4, -0.2) is 28.0 Å². The minimum Gasteiger partial charge on any atom is -0.443 e. The second-order valence-electron chi connectivity index (χ2n) is 8.87. The molecule has 1 heterocycles. The van der Waals surface area contributed by atoms with Crippen LogP contribution in [0.3, 0.4) is 0 Å². The number of hydrogen-bond donors (Lipinski definition) is 0. The highest BCUT2D eigenvalue weighted by Gasteiger charge is 2.63. The third kappa shape index (κ3) is 2.45. The monoisotopic (exact) mass is 281 g/mol. The molecule has 2 bridgehead atoms. The molecular formula is C16H27NO3. The first-order valence-corrected chi connectivity index (χ1v) is 7.36. The molecule has 4 nitrogen and oxygen atoms in total. The van der Waals surface area contributed by atoms with Crippen molar-refractivity contribution in [2.24, 2.45) is 10.8 Å². The molecule has 2 unspecified atom stereocenters. The first kappa shape index (κ1) is 15.3. The summed E-state index contributed by atoms with van der Waals surface area (Å²) in [7, 11) is 0. The Morgan fingerprint density at radius 1 is 1.10 bits per heavy atom. The van der Waals surface area contributed by atoms with E-state index in [4.69, 9.17) is 4.74 Å². The van der Waals surface area contributed by atoms with Crippen LogP contribution in [0.5, 0.6) is 0 Å². The van der Waals surface area contributed by atoms with Crippen LogP contribution in [-0.2, 0) is 9.53 Å². The molecule has 0 aromatic carbocycles. The minimum atomic E-state index is -0.583. The third-order valence-electron chi connectivity index (χ3n) is 4.33. The van der Waals surface area contributed by atoms with Crippen LogP contribution in [0.25, 0.3) is 0 Å². The maximum absolute atomic E-state index is 12.8. The van der Waals surface area contributed by atoms with Crippen molar-refractivity contribution >= 4 is 12.0 Å². The van der Waals surface area contributed by atoms with Gasteiger partial charge in [-0.05, 0) is 52.4 Å². The fraction of sp³-hybridized carbons (Fsp3) is 0.875. The van der Waals surface area contributed by atoms with E-state index in [9.17, 15) is 9.59 Å². The van der Waals surface area contributed by atoms with Crippen molar-refractivity contribution in [1.82, 2.24) is 4.90 Å². The van der Waals surface area contributed by atoms with Crippen LogP contribution in [0.4, 0.5) is 4.79 Å². The van der Waals surface area contributed by atoms with E-state index in [2.05, 4.69) is 13.8 Å². The molecule has 1 aliphatic carbocycles. The molecule has 20 heavy (non-hydrogen) atoms. The second-order valence-corrected chi connectivity index (χ2v) is 8.87. The van der Waals surface area contributed by atoms with E-state index < -0.39 is 22.6 Å². The molecule has 1 saturated carbocycles. The molecule has 4 heteroatoms. The van der Waals surface area contributed by atoms with E-state index in [1.165, 1.54) is 4.90 Å². The van der Waals surface area contributed by atoms with Gasteiger partial charge in [0.1, 0.15) is 5.60 Å². The van der Waals surface area contributed by atoms with E-state index >= 15 is 0 Å². The Bertz CT molecular complexity index is 463. The number of nitrogens with zero attached hydrogens (tertiary/aromatic N) is 1. The van der Waals surface area contributed by atoms with Crippen LogP contribution in [0.15, 0.2) is 0 Å². The van der Waals surface area contributed by atoms with Gasteiger partial charge in [-0.15, -0.1) is 0 Å².